The lowest BCUT2D eigenvalue weighted by atomic mass is 9.87. The largest absolute Gasteiger partial charge is 0.436 e. The van der Waals surface area contributed by atoms with Gasteiger partial charge in [-0.05, 0) is 64.5 Å². The van der Waals surface area contributed by atoms with E-state index in [-0.39, 0.29) is 11.9 Å². The highest BCUT2D eigenvalue weighted by molar-refractivity contribution is 5.72. The third-order valence-corrected chi connectivity index (χ3v) is 5.23. The molecular formula is C21H43NO3. The number of hydrogen-bond donors (Lipinski definition) is 1. The zero-order valence-corrected chi connectivity index (χ0v) is 17.8. The van der Waals surface area contributed by atoms with Crippen LogP contribution in [-0.4, -0.2) is 41.9 Å². The van der Waals surface area contributed by atoms with Crippen molar-refractivity contribution in [2.24, 2.45) is 17.8 Å². The van der Waals surface area contributed by atoms with Crippen molar-refractivity contribution in [1.29, 1.82) is 0 Å². The molecule has 0 aromatic carbocycles. The van der Waals surface area contributed by atoms with E-state index in [1.165, 1.54) is 25.7 Å². The number of hydrogen-bond acceptors (Lipinski definition) is 4. The molecule has 5 atom stereocenters. The van der Waals surface area contributed by atoms with E-state index in [0.29, 0.717) is 24.3 Å². The van der Waals surface area contributed by atoms with E-state index < -0.39 is 6.29 Å². The number of aliphatic hydroxyl groups excluding tert-OH is 1. The number of carbonyl (C=O) groups excluding carboxylic acids is 1. The first-order chi connectivity index (χ1) is 11.7. The molecule has 4 unspecified atom stereocenters. The van der Waals surface area contributed by atoms with Crippen LogP contribution >= 0.6 is 0 Å². The van der Waals surface area contributed by atoms with Gasteiger partial charge in [0.2, 0.25) is 0 Å². The van der Waals surface area contributed by atoms with Crippen molar-refractivity contribution in [3.63, 3.8) is 0 Å². The average molecular weight is 358 g/mol. The molecule has 0 aliphatic carbocycles. The number of nitrogens with zero attached hydrogens (tertiary/aromatic N) is 1. The lowest BCUT2D eigenvalue weighted by Crippen LogP contribution is -2.30. The van der Waals surface area contributed by atoms with Gasteiger partial charge in [-0.2, -0.15) is 0 Å². The zero-order chi connectivity index (χ0) is 19.4. The van der Waals surface area contributed by atoms with E-state index in [9.17, 15) is 9.90 Å². The third kappa shape index (κ3) is 11.6. The normalized spacial score (nSPS) is 17.8. The number of rotatable bonds is 14. The van der Waals surface area contributed by atoms with Gasteiger partial charge in [0.15, 0.2) is 6.29 Å². The van der Waals surface area contributed by atoms with Gasteiger partial charge in [-0.25, -0.2) is 0 Å². The van der Waals surface area contributed by atoms with Crippen LogP contribution in [0.2, 0.25) is 0 Å². The summed E-state index contributed by atoms with van der Waals surface area (Å²) in [6.07, 6.45) is 6.43. The Hall–Kier alpha value is -0.610. The van der Waals surface area contributed by atoms with Crippen LogP contribution in [-0.2, 0) is 9.53 Å². The summed E-state index contributed by atoms with van der Waals surface area (Å²) in [5.41, 5.74) is 0. The summed E-state index contributed by atoms with van der Waals surface area (Å²) in [6, 6.07) is 0.671. The smallest absolute Gasteiger partial charge is 0.310 e. The van der Waals surface area contributed by atoms with Gasteiger partial charge in [0.1, 0.15) is 0 Å². The molecule has 0 aliphatic heterocycles. The van der Waals surface area contributed by atoms with Crippen molar-refractivity contribution < 1.29 is 14.6 Å². The van der Waals surface area contributed by atoms with Gasteiger partial charge >= 0.3 is 5.97 Å². The summed E-state index contributed by atoms with van der Waals surface area (Å²) >= 11 is 0. The summed E-state index contributed by atoms with van der Waals surface area (Å²) in [7, 11) is 2.23. The van der Waals surface area contributed by atoms with E-state index in [0.717, 1.165) is 19.4 Å². The van der Waals surface area contributed by atoms with Crippen LogP contribution in [0.3, 0.4) is 0 Å². The number of ether oxygens (including phenoxy) is 1. The van der Waals surface area contributed by atoms with Gasteiger partial charge in [0.05, 0.1) is 5.92 Å². The fourth-order valence-electron chi connectivity index (χ4n) is 3.48. The highest BCUT2D eigenvalue weighted by atomic mass is 16.6. The molecule has 0 heterocycles. The SMILES string of the molecule is CCC[C@@H](C)N(C)CCCC(C)CC(C)CC(C)C(=O)OC(O)CC. The highest BCUT2D eigenvalue weighted by Crippen LogP contribution is 2.23. The Bertz CT molecular complexity index is 348. The summed E-state index contributed by atoms with van der Waals surface area (Å²) in [5.74, 6) is 0.743. The maximum absolute atomic E-state index is 11.9. The predicted molar refractivity (Wildman–Crippen MR) is 105 cm³/mol. The van der Waals surface area contributed by atoms with Crippen molar-refractivity contribution >= 4 is 5.97 Å². The van der Waals surface area contributed by atoms with Gasteiger partial charge in [0, 0.05) is 12.5 Å². The Balaban J connectivity index is 4.01. The highest BCUT2D eigenvalue weighted by Gasteiger charge is 2.21. The maximum Gasteiger partial charge on any atom is 0.310 e. The van der Waals surface area contributed by atoms with Crippen LogP contribution in [0.5, 0.6) is 0 Å². The second-order valence-electron chi connectivity index (χ2n) is 8.14. The van der Waals surface area contributed by atoms with Crippen LogP contribution < -0.4 is 0 Å². The minimum atomic E-state index is -0.962. The molecule has 0 radical (unpaired) electrons. The van der Waals surface area contributed by atoms with Crippen molar-refractivity contribution in [3.8, 4) is 0 Å². The molecule has 4 heteroatoms. The first-order valence-electron chi connectivity index (χ1n) is 10.3. The molecule has 0 fully saturated rings. The standard InChI is InChI=1S/C21H43NO3/c1-8-11-19(6)22(7)13-10-12-16(3)14-17(4)15-18(5)21(24)25-20(23)9-2/h16-20,23H,8-15H2,1-7H3/t16?,17?,18?,19-,20?/m1/s1. The minimum absolute atomic E-state index is 0.149. The van der Waals surface area contributed by atoms with Crippen molar-refractivity contribution in [2.45, 2.75) is 98.8 Å². The molecule has 0 saturated carbocycles. The van der Waals surface area contributed by atoms with Gasteiger partial charge < -0.3 is 14.7 Å². The van der Waals surface area contributed by atoms with Gasteiger partial charge in [-0.15, -0.1) is 0 Å². The van der Waals surface area contributed by atoms with E-state index in [1.54, 1.807) is 6.92 Å². The second-order valence-corrected chi connectivity index (χ2v) is 8.14. The molecule has 0 rings (SSSR count). The zero-order valence-electron chi connectivity index (χ0n) is 17.8. The first kappa shape index (κ1) is 24.4. The molecular weight excluding hydrogens is 314 g/mol. The molecule has 25 heavy (non-hydrogen) atoms. The molecule has 0 aromatic heterocycles. The molecule has 150 valence electrons. The molecule has 0 saturated heterocycles. The fourth-order valence-corrected chi connectivity index (χ4v) is 3.48. The Morgan fingerprint density at radius 1 is 1.04 bits per heavy atom. The predicted octanol–water partition coefficient (Wildman–Crippen LogP) is 4.85. The van der Waals surface area contributed by atoms with E-state index in [2.05, 4.69) is 39.6 Å². The summed E-state index contributed by atoms with van der Waals surface area (Å²) in [4.78, 5) is 14.4. The Kier molecular flexibility index (Phi) is 13.2. The second kappa shape index (κ2) is 13.6. The fraction of sp³-hybridized carbons (Fsp3) is 0.952. The maximum atomic E-state index is 11.9. The summed E-state index contributed by atoms with van der Waals surface area (Å²) in [6.45, 7) is 13.9. The van der Waals surface area contributed by atoms with Gasteiger partial charge in [-0.1, -0.05) is 41.0 Å². The molecule has 0 aliphatic rings. The van der Waals surface area contributed by atoms with Crippen LogP contribution in [0.1, 0.15) is 86.5 Å². The van der Waals surface area contributed by atoms with E-state index >= 15 is 0 Å². The molecule has 0 aromatic rings. The minimum Gasteiger partial charge on any atom is -0.436 e. The quantitative estimate of drug-likeness (QED) is 0.357. The van der Waals surface area contributed by atoms with Crippen LogP contribution in [0.15, 0.2) is 0 Å². The molecule has 0 spiro atoms. The molecule has 0 amide bonds. The molecule has 4 nitrogen and oxygen atoms in total. The Morgan fingerprint density at radius 3 is 2.24 bits per heavy atom. The van der Waals surface area contributed by atoms with Gasteiger partial charge in [0.25, 0.3) is 0 Å². The summed E-state index contributed by atoms with van der Waals surface area (Å²) in [5, 5.41) is 9.42. The third-order valence-electron chi connectivity index (χ3n) is 5.23. The van der Waals surface area contributed by atoms with Crippen LogP contribution in [0, 0.1) is 17.8 Å². The number of aliphatic hydroxyl groups is 1. The molecule has 1 N–H and O–H groups in total. The number of esters is 1. The monoisotopic (exact) mass is 357 g/mol. The molecule has 0 bridgehead atoms. The summed E-state index contributed by atoms with van der Waals surface area (Å²) < 4.78 is 5.01. The van der Waals surface area contributed by atoms with Crippen molar-refractivity contribution in [1.82, 2.24) is 4.90 Å². The van der Waals surface area contributed by atoms with Crippen LogP contribution in [0.25, 0.3) is 0 Å². The lowest BCUT2D eigenvalue weighted by Gasteiger charge is -2.25. The topological polar surface area (TPSA) is 49.8 Å². The Morgan fingerprint density at radius 2 is 1.68 bits per heavy atom. The first-order valence-corrected chi connectivity index (χ1v) is 10.3. The van der Waals surface area contributed by atoms with Gasteiger partial charge in [-0.3, -0.25) is 4.79 Å². The number of carbonyl (C=O) groups is 1. The van der Waals surface area contributed by atoms with Crippen molar-refractivity contribution in [2.75, 3.05) is 13.6 Å². The van der Waals surface area contributed by atoms with Crippen molar-refractivity contribution in [3.05, 3.63) is 0 Å². The van der Waals surface area contributed by atoms with Crippen LogP contribution in [0.4, 0.5) is 0 Å². The average Bonchev–Trinajstić information content (AvgIpc) is 2.54. The van der Waals surface area contributed by atoms with E-state index in [4.69, 9.17) is 4.74 Å². The van der Waals surface area contributed by atoms with E-state index in [1.807, 2.05) is 6.92 Å². The lowest BCUT2D eigenvalue weighted by molar-refractivity contribution is -0.173. The Labute approximate surface area is 156 Å².